The smallest absolute Gasteiger partial charge is 0.389 e. The molecule has 1 aromatic rings. The van der Waals surface area contributed by atoms with Gasteiger partial charge >= 0.3 is 12.1 Å². The van der Waals surface area contributed by atoms with Gasteiger partial charge in [-0.15, -0.1) is 0 Å². The van der Waals surface area contributed by atoms with Gasteiger partial charge in [-0.1, -0.05) is 18.2 Å². The van der Waals surface area contributed by atoms with Gasteiger partial charge in [0.25, 0.3) is 0 Å². The molecule has 0 aliphatic carbocycles. The lowest BCUT2D eigenvalue weighted by Gasteiger charge is -2.09. The number of rotatable bonds is 1. The van der Waals surface area contributed by atoms with Crippen molar-refractivity contribution in [2.24, 2.45) is 0 Å². The Morgan fingerprint density at radius 1 is 1.31 bits per heavy atom. The Labute approximate surface area is 92.2 Å². The quantitative estimate of drug-likeness (QED) is 0.714. The summed E-state index contributed by atoms with van der Waals surface area (Å²) in [6.07, 6.45) is -4.40. The Kier molecular flexibility index (Phi) is 2.75. The molecular formula is C10H7F3O2S. The van der Waals surface area contributed by atoms with Crippen LogP contribution in [0, 0.1) is 0 Å². The predicted octanol–water partition coefficient (Wildman–Crippen LogP) is 2.69. The molecule has 1 heterocycles. The Balaban J connectivity index is 2.18. The zero-order chi connectivity index (χ0) is 11.8. The van der Waals surface area contributed by atoms with Crippen molar-refractivity contribution in [1.29, 1.82) is 0 Å². The lowest BCUT2D eigenvalue weighted by molar-refractivity contribution is -0.188. The summed E-state index contributed by atoms with van der Waals surface area (Å²) in [6, 6.07) is 6.98. The van der Waals surface area contributed by atoms with Crippen molar-refractivity contribution in [2.45, 2.75) is 17.5 Å². The van der Waals surface area contributed by atoms with E-state index in [2.05, 4.69) is 4.18 Å². The van der Waals surface area contributed by atoms with Crippen LogP contribution >= 0.6 is 10.8 Å². The van der Waals surface area contributed by atoms with E-state index in [4.69, 9.17) is 0 Å². The van der Waals surface area contributed by atoms with Crippen LogP contribution in [0.5, 0.6) is 0 Å². The summed E-state index contributed by atoms with van der Waals surface area (Å²) in [6.45, 7) is 0. The minimum atomic E-state index is -4.93. The van der Waals surface area contributed by atoms with E-state index in [9.17, 15) is 18.0 Å². The summed E-state index contributed by atoms with van der Waals surface area (Å²) in [5, 5.41) is 1.58. The Morgan fingerprint density at radius 2 is 2.00 bits per heavy atom. The largest absolute Gasteiger partial charge is 0.492 e. The second kappa shape index (κ2) is 3.93. The van der Waals surface area contributed by atoms with Crippen molar-refractivity contribution >= 4 is 22.1 Å². The molecule has 0 saturated carbocycles. The summed E-state index contributed by atoms with van der Waals surface area (Å²) in [5.74, 6) is -2.14. The number of hydrogen-bond acceptors (Lipinski definition) is 2. The number of halogens is 3. The normalized spacial score (nSPS) is 18.8. The number of carbonyl (C=O) groups is 1. The van der Waals surface area contributed by atoms with Crippen molar-refractivity contribution in [3.63, 3.8) is 0 Å². The molecule has 0 saturated heterocycles. The molecule has 0 radical (unpaired) electrons. The molecule has 1 atom stereocenters. The number of hydrogen-bond donors (Lipinski definition) is 0. The first-order valence-electron chi connectivity index (χ1n) is 4.42. The SMILES string of the molecule is O=C(OS1=CCc2ccccc21)C(F)(F)F. The fourth-order valence-electron chi connectivity index (χ4n) is 1.33. The van der Waals surface area contributed by atoms with Gasteiger partial charge in [0.2, 0.25) is 0 Å². The van der Waals surface area contributed by atoms with Crippen LogP contribution in [-0.4, -0.2) is 17.5 Å². The summed E-state index contributed by atoms with van der Waals surface area (Å²) < 4.78 is 40.4. The van der Waals surface area contributed by atoms with Crippen molar-refractivity contribution in [3.05, 3.63) is 29.8 Å². The number of benzene rings is 1. The second-order valence-electron chi connectivity index (χ2n) is 3.14. The molecule has 0 spiro atoms. The van der Waals surface area contributed by atoms with Crippen LogP contribution in [0.15, 0.2) is 29.2 Å². The van der Waals surface area contributed by atoms with E-state index in [0.717, 1.165) is 5.56 Å². The standard InChI is InChI=1S/C10H7F3O2S/c11-10(12,13)9(14)15-16-6-5-7-3-1-2-4-8(7)16/h1-4,6H,5H2. The van der Waals surface area contributed by atoms with Gasteiger partial charge in [0, 0.05) is 22.1 Å². The van der Waals surface area contributed by atoms with Crippen LogP contribution in [-0.2, 0) is 15.4 Å². The zero-order valence-corrected chi connectivity index (χ0v) is 8.77. The highest BCUT2D eigenvalue weighted by atomic mass is 32.2. The molecule has 1 aliphatic rings. The van der Waals surface area contributed by atoms with Gasteiger partial charge in [-0.2, -0.15) is 13.2 Å². The van der Waals surface area contributed by atoms with Crippen LogP contribution in [0.1, 0.15) is 5.56 Å². The molecule has 1 unspecified atom stereocenters. The maximum Gasteiger partial charge on any atom is 0.492 e. The molecular weight excluding hydrogens is 241 g/mol. The summed E-state index contributed by atoms with van der Waals surface area (Å²) in [7, 11) is -1.17. The molecule has 16 heavy (non-hydrogen) atoms. The zero-order valence-electron chi connectivity index (χ0n) is 7.95. The predicted molar refractivity (Wildman–Crippen MR) is 54.2 cm³/mol. The molecule has 1 aliphatic heterocycles. The molecule has 1 aromatic carbocycles. The lowest BCUT2D eigenvalue weighted by Crippen LogP contribution is -2.23. The Bertz CT molecular complexity index is 465. The Hall–Kier alpha value is -1.30. The van der Waals surface area contributed by atoms with Crippen LogP contribution in [0.25, 0.3) is 0 Å². The maximum atomic E-state index is 12.0. The lowest BCUT2D eigenvalue weighted by atomic mass is 10.2. The second-order valence-corrected chi connectivity index (χ2v) is 4.68. The highest BCUT2D eigenvalue weighted by molar-refractivity contribution is 8.11. The van der Waals surface area contributed by atoms with Crippen LogP contribution < -0.4 is 0 Å². The molecule has 0 aromatic heterocycles. The average molecular weight is 248 g/mol. The van der Waals surface area contributed by atoms with Gasteiger partial charge in [-0.25, -0.2) is 4.79 Å². The van der Waals surface area contributed by atoms with E-state index in [1.165, 1.54) is 0 Å². The van der Waals surface area contributed by atoms with Crippen molar-refractivity contribution in [2.75, 3.05) is 0 Å². The molecule has 0 fully saturated rings. The number of carbonyl (C=O) groups excluding carboxylic acids is 1. The average Bonchev–Trinajstić information content (AvgIpc) is 2.61. The van der Waals surface area contributed by atoms with Gasteiger partial charge in [0.15, 0.2) is 0 Å². The van der Waals surface area contributed by atoms with Crippen LogP contribution in [0.4, 0.5) is 13.2 Å². The van der Waals surface area contributed by atoms with E-state index in [1.54, 1.807) is 29.6 Å². The van der Waals surface area contributed by atoms with E-state index in [-0.39, 0.29) is 0 Å². The Morgan fingerprint density at radius 3 is 2.69 bits per heavy atom. The van der Waals surface area contributed by atoms with Gasteiger partial charge in [-0.05, 0) is 17.0 Å². The highest BCUT2D eigenvalue weighted by Crippen LogP contribution is 2.37. The third-order valence-electron chi connectivity index (χ3n) is 2.04. The first-order valence-corrected chi connectivity index (χ1v) is 5.63. The molecule has 0 bridgehead atoms. The number of fused-ring (bicyclic) bond motifs is 1. The topological polar surface area (TPSA) is 26.3 Å². The van der Waals surface area contributed by atoms with Crippen molar-refractivity contribution in [1.82, 2.24) is 0 Å². The van der Waals surface area contributed by atoms with Crippen molar-refractivity contribution in [3.8, 4) is 0 Å². The van der Waals surface area contributed by atoms with Crippen LogP contribution in [0.3, 0.4) is 0 Å². The third kappa shape index (κ3) is 2.11. The first-order chi connectivity index (χ1) is 7.48. The van der Waals surface area contributed by atoms with Gasteiger partial charge in [0.05, 0.1) is 0 Å². The number of alkyl halides is 3. The minimum absolute atomic E-state index is 0.532. The van der Waals surface area contributed by atoms with Gasteiger partial charge in [-0.3, -0.25) is 0 Å². The monoisotopic (exact) mass is 248 g/mol. The van der Waals surface area contributed by atoms with Gasteiger partial charge in [0.1, 0.15) is 0 Å². The highest BCUT2D eigenvalue weighted by Gasteiger charge is 2.42. The molecule has 0 N–H and O–H groups in total. The third-order valence-corrected chi connectivity index (χ3v) is 3.67. The van der Waals surface area contributed by atoms with E-state index in [0.29, 0.717) is 11.3 Å². The van der Waals surface area contributed by atoms with Crippen LogP contribution in [0.2, 0.25) is 0 Å². The summed E-state index contributed by atoms with van der Waals surface area (Å²) in [5.41, 5.74) is 0.904. The molecule has 86 valence electrons. The van der Waals surface area contributed by atoms with E-state index < -0.39 is 22.9 Å². The van der Waals surface area contributed by atoms with Crippen molar-refractivity contribution < 1.29 is 22.1 Å². The van der Waals surface area contributed by atoms with E-state index in [1.807, 2.05) is 0 Å². The maximum absolute atomic E-state index is 12.0. The summed E-state index contributed by atoms with van der Waals surface area (Å²) in [4.78, 5) is 11.3. The first kappa shape index (κ1) is 11.2. The molecule has 2 rings (SSSR count). The summed E-state index contributed by atoms with van der Waals surface area (Å²) >= 11 is 0. The fraction of sp³-hybridized carbons (Fsp3) is 0.200. The van der Waals surface area contributed by atoms with E-state index >= 15 is 0 Å². The minimum Gasteiger partial charge on any atom is -0.389 e. The molecule has 0 amide bonds. The molecule has 2 nitrogen and oxygen atoms in total. The van der Waals surface area contributed by atoms with Gasteiger partial charge < -0.3 is 4.18 Å². The molecule has 6 heteroatoms. The fourth-order valence-corrected chi connectivity index (χ4v) is 2.88.